The van der Waals surface area contributed by atoms with E-state index in [1.807, 2.05) is 0 Å². The van der Waals surface area contributed by atoms with Gasteiger partial charge in [-0.15, -0.1) is 0 Å². The number of halogens is 3. The van der Waals surface area contributed by atoms with Gasteiger partial charge >= 0.3 is 181 Å². The van der Waals surface area contributed by atoms with Gasteiger partial charge in [0, 0.05) is 0 Å². The van der Waals surface area contributed by atoms with E-state index in [4.69, 9.17) is 28.1 Å². The van der Waals surface area contributed by atoms with Gasteiger partial charge in [0.15, 0.2) is 0 Å². The predicted octanol–water partition coefficient (Wildman–Crippen LogP) is 7.61. The zero-order chi connectivity index (χ0) is 19.5. The van der Waals surface area contributed by atoms with E-state index in [2.05, 4.69) is 91.5 Å². The zero-order valence-electron chi connectivity index (χ0n) is 15.4. The SMILES string of the molecule is C[SiH](Cl)[Zr]([Cl])([Cl])([CH]1C=Cc2ccccc21)[CH]1c2ccccc2-c2ccccc21. The summed E-state index contributed by atoms with van der Waals surface area (Å²) in [6, 6.07) is 25.6. The van der Waals surface area contributed by atoms with E-state index < -0.39 is 20.8 Å². The Balaban J connectivity index is 1.81. The number of hydrogen-bond acceptors (Lipinski definition) is 0. The summed E-state index contributed by atoms with van der Waals surface area (Å²) in [6.45, 7) is 2.14. The van der Waals surface area contributed by atoms with E-state index in [1.165, 1.54) is 33.4 Å². The maximum absolute atomic E-state index is 7.88. The molecule has 3 aromatic rings. The van der Waals surface area contributed by atoms with Crippen molar-refractivity contribution in [3.63, 3.8) is 0 Å². The maximum atomic E-state index is 7.88. The van der Waals surface area contributed by atoms with Crippen LogP contribution in [0, 0.1) is 0 Å². The van der Waals surface area contributed by atoms with E-state index in [0.717, 1.165) is 0 Å². The fraction of sp³-hybridized carbons (Fsp3) is 0.130. The van der Waals surface area contributed by atoms with E-state index in [-0.39, 0.29) is 7.25 Å². The first-order valence-electron chi connectivity index (χ1n) is 9.59. The van der Waals surface area contributed by atoms with Gasteiger partial charge in [-0.05, 0) is 0 Å². The molecule has 141 valence electrons. The number of fused-ring (bicyclic) bond motifs is 4. The first-order valence-corrected chi connectivity index (χ1v) is 26.5. The summed E-state index contributed by atoms with van der Waals surface area (Å²) in [5.74, 6) is 0. The molecule has 2 atom stereocenters. The van der Waals surface area contributed by atoms with Gasteiger partial charge in [-0.3, -0.25) is 0 Å². The third kappa shape index (κ3) is 2.52. The molecule has 2 aliphatic carbocycles. The monoisotopic (exact) mass is 519 g/mol. The molecule has 0 heterocycles. The van der Waals surface area contributed by atoms with Crippen LogP contribution in [-0.2, 0) is 15.6 Å². The number of hydrogen-bond donors (Lipinski definition) is 0. The molecule has 0 saturated heterocycles. The molecule has 0 nitrogen and oxygen atoms in total. The van der Waals surface area contributed by atoms with E-state index in [0.29, 0.717) is 0 Å². The van der Waals surface area contributed by atoms with Crippen molar-refractivity contribution in [3.05, 3.63) is 101 Å². The molecule has 5 heteroatoms. The van der Waals surface area contributed by atoms with Crippen LogP contribution in [-0.4, -0.2) is 5.23 Å². The Morgan fingerprint density at radius 2 is 1.25 bits per heavy atom. The third-order valence-corrected chi connectivity index (χ3v) is 61.1. The van der Waals surface area contributed by atoms with Gasteiger partial charge < -0.3 is 0 Å². The Bertz CT molecular complexity index is 1080. The topological polar surface area (TPSA) is 0 Å². The predicted molar refractivity (Wildman–Crippen MR) is 123 cm³/mol. The Morgan fingerprint density at radius 1 is 0.750 bits per heavy atom. The second-order valence-corrected chi connectivity index (χ2v) is 52.0. The molecular weight excluding hydrogens is 502 g/mol. The molecule has 28 heavy (non-hydrogen) atoms. The van der Waals surface area contributed by atoms with Crippen molar-refractivity contribution in [2.45, 2.75) is 13.8 Å². The van der Waals surface area contributed by atoms with Crippen LogP contribution in [0.5, 0.6) is 0 Å². The van der Waals surface area contributed by atoms with Crippen LogP contribution in [0.2, 0.25) is 6.55 Å². The molecule has 3 aromatic carbocycles. The Morgan fingerprint density at radius 3 is 1.82 bits per heavy atom. The van der Waals surface area contributed by atoms with Gasteiger partial charge in [0.05, 0.1) is 0 Å². The van der Waals surface area contributed by atoms with Crippen molar-refractivity contribution in [2.24, 2.45) is 0 Å². The Labute approximate surface area is 179 Å². The molecule has 5 rings (SSSR count). The fourth-order valence-electron chi connectivity index (χ4n) is 5.14. The first kappa shape index (κ1) is 19.3. The Hall–Kier alpha value is -0.630. The molecule has 0 aliphatic heterocycles. The molecule has 0 amide bonds. The summed E-state index contributed by atoms with van der Waals surface area (Å²) in [5, 5.41) is -1.94. The van der Waals surface area contributed by atoms with Gasteiger partial charge in [0.1, 0.15) is 0 Å². The standard InChI is InChI=1S/C13H9.C9H7.CH4ClSi.2ClH.Zr/c1-3-7-12-10(5-1)9-11-6-2-4-8-13(11)12;1-2-5-9-7-3-6-8(9)4-1;1-3-2;;;/h1-9H;1-7H;3H,1H3;2*1H;/q;;;;;+2/p-2. The minimum atomic E-state index is -4.63. The van der Waals surface area contributed by atoms with Crippen molar-refractivity contribution >= 4 is 39.4 Å². The minimum absolute atomic E-state index is 0.0251. The third-order valence-electron chi connectivity index (χ3n) is 6.54. The first-order chi connectivity index (χ1) is 13.4. The van der Waals surface area contributed by atoms with Gasteiger partial charge in [0.25, 0.3) is 0 Å². The Kier molecular flexibility index (Phi) is 4.62. The van der Waals surface area contributed by atoms with Crippen molar-refractivity contribution in [2.75, 3.05) is 0 Å². The van der Waals surface area contributed by atoms with Crippen molar-refractivity contribution in [1.82, 2.24) is 0 Å². The molecule has 0 N–H and O–H groups in total. The van der Waals surface area contributed by atoms with Crippen LogP contribution in [0.15, 0.2) is 78.9 Å². The zero-order valence-corrected chi connectivity index (χ0v) is 21.3. The molecule has 2 aliphatic rings. The van der Waals surface area contributed by atoms with Gasteiger partial charge in [0.2, 0.25) is 0 Å². The summed E-state index contributed by atoms with van der Waals surface area (Å²) >= 11 is 2.49. The van der Waals surface area contributed by atoms with Crippen molar-refractivity contribution < 1.29 is 15.6 Å². The van der Waals surface area contributed by atoms with Crippen LogP contribution in [0.3, 0.4) is 0 Å². The van der Waals surface area contributed by atoms with Crippen molar-refractivity contribution in [1.29, 1.82) is 0 Å². The number of rotatable bonds is 3. The van der Waals surface area contributed by atoms with Gasteiger partial charge in [-0.1, -0.05) is 0 Å². The van der Waals surface area contributed by atoms with Crippen LogP contribution in [0.25, 0.3) is 17.2 Å². The average Bonchev–Trinajstić information content (AvgIpc) is 3.28. The summed E-state index contributed by atoms with van der Waals surface area (Å²) < 4.78 is 0.0708. The van der Waals surface area contributed by atoms with Crippen LogP contribution < -0.4 is 0 Å². The van der Waals surface area contributed by atoms with Crippen LogP contribution >= 0.6 is 28.1 Å². The average molecular weight is 522 g/mol. The molecular formula is C23H20Cl3SiZr. The molecule has 0 bridgehead atoms. The quantitative estimate of drug-likeness (QED) is 0.246. The number of benzene rings is 3. The van der Waals surface area contributed by atoms with Crippen molar-refractivity contribution in [3.8, 4) is 11.1 Å². The molecule has 0 saturated carbocycles. The fourth-order valence-corrected chi connectivity index (χ4v) is 34.9. The summed E-state index contributed by atoms with van der Waals surface area (Å²) in [4.78, 5) is 0. The summed E-state index contributed by atoms with van der Waals surface area (Å²) in [5.41, 5.74) is 7.51. The molecule has 0 aromatic heterocycles. The molecule has 2 unspecified atom stereocenters. The second-order valence-electron chi connectivity index (χ2n) is 7.92. The molecule has 0 spiro atoms. The van der Waals surface area contributed by atoms with E-state index in [1.54, 1.807) is 0 Å². The number of allylic oxidation sites excluding steroid dienone is 1. The van der Waals surface area contributed by atoms with Gasteiger partial charge in [-0.2, -0.15) is 0 Å². The van der Waals surface area contributed by atoms with Crippen LogP contribution in [0.1, 0.15) is 29.5 Å². The summed E-state index contributed by atoms with van der Waals surface area (Å²) in [7, 11) is 15.8. The van der Waals surface area contributed by atoms with Crippen LogP contribution in [0.4, 0.5) is 0 Å². The molecule has 0 radical (unpaired) electrons. The normalized spacial score (nSPS) is 20.1. The summed E-state index contributed by atoms with van der Waals surface area (Å²) in [6.07, 6.45) is 4.42. The van der Waals surface area contributed by atoms with E-state index >= 15 is 0 Å². The van der Waals surface area contributed by atoms with Gasteiger partial charge in [-0.25, -0.2) is 0 Å². The molecule has 0 fully saturated rings. The van der Waals surface area contributed by atoms with E-state index in [9.17, 15) is 0 Å². The second kappa shape index (κ2) is 6.69.